The summed E-state index contributed by atoms with van der Waals surface area (Å²) in [7, 11) is 3.39. The smallest absolute Gasteiger partial charge is 0.134 e. The molecule has 3 radical (unpaired) electrons. The van der Waals surface area contributed by atoms with Crippen molar-refractivity contribution in [3.8, 4) is 5.75 Å². The summed E-state index contributed by atoms with van der Waals surface area (Å²) < 4.78 is 5.83. The maximum absolute atomic E-state index is 10.7. The summed E-state index contributed by atoms with van der Waals surface area (Å²) in [6.07, 6.45) is 0.426. The molecule has 0 heterocycles. The van der Waals surface area contributed by atoms with Crippen LogP contribution in [0.3, 0.4) is 0 Å². The van der Waals surface area contributed by atoms with Gasteiger partial charge in [0.05, 0.1) is 22.1 Å². The molecule has 1 N–H and O–H groups in total. The SMILES string of the molecule is CC(C)(O)c1c2ccccc2c(OC[Si])c2ccccc12. The molecule has 0 aliphatic rings. The minimum atomic E-state index is -0.925. The van der Waals surface area contributed by atoms with E-state index in [9.17, 15) is 5.11 Å². The highest BCUT2D eigenvalue weighted by Crippen LogP contribution is 2.42. The van der Waals surface area contributed by atoms with Crippen LogP contribution in [0, 0.1) is 0 Å². The molecular weight excluding hydrogens is 276 g/mol. The van der Waals surface area contributed by atoms with Crippen LogP contribution in [-0.2, 0) is 5.60 Å². The lowest BCUT2D eigenvalue weighted by atomic mass is 9.87. The van der Waals surface area contributed by atoms with Gasteiger partial charge in [-0.05, 0) is 30.2 Å². The predicted octanol–water partition coefficient (Wildman–Crippen LogP) is 3.73. The highest BCUT2D eigenvalue weighted by molar-refractivity contribution is 6.11. The summed E-state index contributed by atoms with van der Waals surface area (Å²) in [5.41, 5.74) is 0.0149. The molecule has 21 heavy (non-hydrogen) atoms. The minimum absolute atomic E-state index is 0.426. The molecule has 0 spiro atoms. The Bertz CT molecular complexity index is 746. The lowest BCUT2D eigenvalue weighted by Crippen LogP contribution is -2.17. The minimum Gasteiger partial charge on any atom is -0.497 e. The zero-order valence-corrected chi connectivity index (χ0v) is 13.2. The first-order valence-electron chi connectivity index (χ1n) is 6.97. The van der Waals surface area contributed by atoms with E-state index in [1.165, 1.54) is 0 Å². The van der Waals surface area contributed by atoms with Crippen molar-refractivity contribution in [1.82, 2.24) is 0 Å². The molecule has 105 valence electrons. The van der Waals surface area contributed by atoms with Crippen LogP contribution < -0.4 is 4.74 Å². The van der Waals surface area contributed by atoms with E-state index >= 15 is 0 Å². The molecule has 0 unspecified atom stereocenters. The van der Waals surface area contributed by atoms with E-state index in [1.807, 2.05) is 62.4 Å². The van der Waals surface area contributed by atoms with Crippen molar-refractivity contribution >= 4 is 31.8 Å². The highest BCUT2D eigenvalue weighted by Gasteiger charge is 2.24. The van der Waals surface area contributed by atoms with Gasteiger partial charge in [0, 0.05) is 10.8 Å². The molecule has 0 aromatic heterocycles. The maximum atomic E-state index is 10.7. The second kappa shape index (κ2) is 5.17. The zero-order valence-electron chi connectivity index (χ0n) is 12.2. The third-order valence-electron chi connectivity index (χ3n) is 3.71. The number of hydrogen-bond acceptors (Lipinski definition) is 2. The van der Waals surface area contributed by atoms with Crippen molar-refractivity contribution in [3.63, 3.8) is 0 Å². The van der Waals surface area contributed by atoms with Crippen LogP contribution in [0.15, 0.2) is 48.5 Å². The Kier molecular flexibility index (Phi) is 3.47. The van der Waals surface area contributed by atoms with Gasteiger partial charge in [0.2, 0.25) is 0 Å². The molecule has 3 aromatic carbocycles. The van der Waals surface area contributed by atoms with E-state index in [1.54, 1.807) is 0 Å². The second-order valence-corrected chi connectivity index (χ2v) is 5.93. The van der Waals surface area contributed by atoms with Crippen molar-refractivity contribution in [3.05, 3.63) is 54.1 Å². The van der Waals surface area contributed by atoms with Gasteiger partial charge in [-0.1, -0.05) is 48.5 Å². The van der Waals surface area contributed by atoms with Gasteiger partial charge in [-0.2, -0.15) is 0 Å². The van der Waals surface area contributed by atoms with E-state index in [-0.39, 0.29) is 0 Å². The molecule has 0 aliphatic heterocycles. The van der Waals surface area contributed by atoms with Gasteiger partial charge in [0.25, 0.3) is 0 Å². The van der Waals surface area contributed by atoms with Gasteiger partial charge in [-0.3, -0.25) is 0 Å². The third-order valence-corrected chi connectivity index (χ3v) is 3.85. The summed E-state index contributed by atoms with van der Waals surface area (Å²) >= 11 is 0. The first-order valence-corrected chi connectivity index (χ1v) is 7.68. The second-order valence-electron chi connectivity index (χ2n) is 5.64. The number of hydrogen-bond donors (Lipinski definition) is 1. The summed E-state index contributed by atoms with van der Waals surface area (Å²) in [5, 5.41) is 14.7. The van der Waals surface area contributed by atoms with E-state index in [2.05, 4.69) is 10.2 Å². The quantitative estimate of drug-likeness (QED) is 0.589. The Morgan fingerprint density at radius 3 is 1.71 bits per heavy atom. The number of aliphatic hydroxyl groups is 1. The average molecular weight is 293 g/mol. The Labute approximate surface area is 127 Å². The van der Waals surface area contributed by atoms with Crippen LogP contribution in [0.25, 0.3) is 21.5 Å². The fourth-order valence-electron chi connectivity index (χ4n) is 2.98. The molecule has 3 heteroatoms. The van der Waals surface area contributed by atoms with Crippen LogP contribution in [0.1, 0.15) is 19.4 Å². The molecule has 0 fully saturated rings. The fourth-order valence-corrected chi connectivity index (χ4v) is 3.12. The Hall–Kier alpha value is -1.84. The molecule has 0 bridgehead atoms. The topological polar surface area (TPSA) is 29.5 Å². The van der Waals surface area contributed by atoms with Gasteiger partial charge < -0.3 is 9.84 Å². The number of rotatable bonds is 3. The zero-order chi connectivity index (χ0) is 15.0. The van der Waals surface area contributed by atoms with E-state index in [0.29, 0.717) is 6.23 Å². The predicted molar refractivity (Wildman–Crippen MR) is 87.9 cm³/mol. The van der Waals surface area contributed by atoms with Crippen LogP contribution >= 0.6 is 0 Å². The maximum Gasteiger partial charge on any atom is 0.134 e. The molecule has 0 aliphatic carbocycles. The molecule has 3 aromatic rings. The Morgan fingerprint density at radius 1 is 0.905 bits per heavy atom. The van der Waals surface area contributed by atoms with Crippen LogP contribution in [0.2, 0.25) is 0 Å². The van der Waals surface area contributed by atoms with Gasteiger partial charge in [0.1, 0.15) is 5.75 Å². The van der Waals surface area contributed by atoms with Gasteiger partial charge in [-0.25, -0.2) is 0 Å². The molecule has 2 nitrogen and oxygen atoms in total. The Morgan fingerprint density at radius 2 is 1.33 bits per heavy atom. The largest absolute Gasteiger partial charge is 0.497 e. The normalized spacial score (nSPS) is 12.0. The Balaban J connectivity index is 2.57. The average Bonchev–Trinajstić information content (AvgIpc) is 2.46. The first kappa shape index (κ1) is 14.1. The van der Waals surface area contributed by atoms with Crippen molar-refractivity contribution in [1.29, 1.82) is 0 Å². The molecule has 0 amide bonds. The van der Waals surface area contributed by atoms with E-state index in [4.69, 9.17) is 4.74 Å². The van der Waals surface area contributed by atoms with E-state index < -0.39 is 5.60 Å². The standard InChI is InChI=1S/C18H17O2Si/c1-18(2,19)16-12-7-3-5-9-14(12)17(20-11-21)15-10-6-4-8-13(15)16/h3-10,19H,11H2,1-2H3. The first-order chi connectivity index (χ1) is 10.0. The lowest BCUT2D eigenvalue weighted by Gasteiger charge is -2.24. The molecule has 0 saturated heterocycles. The van der Waals surface area contributed by atoms with Gasteiger partial charge in [-0.15, -0.1) is 0 Å². The summed E-state index contributed by atoms with van der Waals surface area (Å²) in [4.78, 5) is 0. The number of benzene rings is 3. The summed E-state index contributed by atoms with van der Waals surface area (Å²) in [6.45, 7) is 3.65. The molecule has 0 atom stereocenters. The molecular formula is C18H17O2Si. The summed E-state index contributed by atoms with van der Waals surface area (Å²) in [5.74, 6) is 0.851. The van der Waals surface area contributed by atoms with Crippen LogP contribution in [-0.4, -0.2) is 21.6 Å². The van der Waals surface area contributed by atoms with E-state index in [0.717, 1.165) is 32.9 Å². The molecule has 3 rings (SSSR count). The third kappa shape index (κ3) is 2.32. The van der Waals surface area contributed by atoms with Gasteiger partial charge >= 0.3 is 0 Å². The van der Waals surface area contributed by atoms with Crippen molar-refractivity contribution in [2.24, 2.45) is 0 Å². The number of fused-ring (bicyclic) bond motifs is 2. The monoisotopic (exact) mass is 293 g/mol. The molecule has 0 saturated carbocycles. The fraction of sp³-hybridized carbons (Fsp3) is 0.222. The highest BCUT2D eigenvalue weighted by atomic mass is 28.1. The number of ether oxygens (including phenoxy) is 1. The van der Waals surface area contributed by atoms with Crippen molar-refractivity contribution < 1.29 is 9.84 Å². The van der Waals surface area contributed by atoms with Crippen molar-refractivity contribution in [2.45, 2.75) is 19.4 Å². The van der Waals surface area contributed by atoms with Crippen LogP contribution in [0.4, 0.5) is 0 Å². The summed E-state index contributed by atoms with van der Waals surface area (Å²) in [6, 6.07) is 16.1. The van der Waals surface area contributed by atoms with Crippen LogP contribution in [0.5, 0.6) is 5.75 Å². The van der Waals surface area contributed by atoms with Gasteiger partial charge in [0.15, 0.2) is 0 Å². The lowest BCUT2D eigenvalue weighted by molar-refractivity contribution is 0.0817. The van der Waals surface area contributed by atoms with Crippen molar-refractivity contribution in [2.75, 3.05) is 6.23 Å².